The summed E-state index contributed by atoms with van der Waals surface area (Å²) in [6, 6.07) is 5.80. The van der Waals surface area contributed by atoms with E-state index in [1.54, 1.807) is 0 Å². The Bertz CT molecular complexity index is 985. The van der Waals surface area contributed by atoms with Gasteiger partial charge >= 0.3 is 0 Å². The van der Waals surface area contributed by atoms with Crippen molar-refractivity contribution >= 4 is 27.3 Å². The van der Waals surface area contributed by atoms with E-state index in [0.717, 1.165) is 22.5 Å². The summed E-state index contributed by atoms with van der Waals surface area (Å²) in [6.07, 6.45) is 0. The molecule has 0 aliphatic heterocycles. The first-order valence-electron chi connectivity index (χ1n) is 8.07. The Hall–Kier alpha value is -2.72. The number of methoxy groups -OCH3 is 1. The lowest BCUT2D eigenvalue weighted by Gasteiger charge is -2.17. The second kappa shape index (κ2) is 8.11. The van der Waals surface area contributed by atoms with E-state index in [2.05, 4.69) is 5.32 Å². The number of carbonyl (C=O) groups excluding carboxylic acids is 1. The van der Waals surface area contributed by atoms with E-state index in [1.165, 1.54) is 52.3 Å². The number of anilines is 2. The molecule has 10 heteroatoms. The molecule has 0 unspecified atom stereocenters. The minimum Gasteiger partial charge on any atom is -0.495 e. The Morgan fingerprint density at radius 2 is 1.61 bits per heavy atom. The van der Waals surface area contributed by atoms with Gasteiger partial charge in [-0.3, -0.25) is 4.79 Å². The fourth-order valence-electron chi connectivity index (χ4n) is 2.48. The number of hydrogen-bond donors (Lipinski definition) is 1. The number of amides is 1. The molecule has 0 saturated carbocycles. The first-order valence-corrected chi connectivity index (χ1v) is 9.51. The minimum absolute atomic E-state index is 0.0151. The second-order valence-corrected chi connectivity index (χ2v) is 8.41. The van der Waals surface area contributed by atoms with E-state index < -0.39 is 27.6 Å². The fourth-order valence-corrected chi connectivity index (χ4v) is 3.56. The summed E-state index contributed by atoms with van der Waals surface area (Å²) in [4.78, 5) is 13.6. The summed E-state index contributed by atoms with van der Waals surface area (Å²) in [5.74, 6) is -2.34. The maximum absolute atomic E-state index is 14.1. The lowest BCUT2D eigenvalue weighted by molar-refractivity contribution is 0.102. The highest BCUT2D eigenvalue weighted by molar-refractivity contribution is 7.89. The molecular weight excluding hydrogens is 392 g/mol. The number of nitrogens with zero attached hydrogens (tertiary/aromatic N) is 2. The van der Waals surface area contributed by atoms with Gasteiger partial charge in [-0.05, 0) is 30.3 Å². The van der Waals surface area contributed by atoms with Crippen LogP contribution < -0.4 is 15.0 Å². The molecule has 1 amide bonds. The molecule has 0 bridgehead atoms. The normalized spacial score (nSPS) is 11.4. The van der Waals surface area contributed by atoms with Gasteiger partial charge in [-0.25, -0.2) is 21.5 Å². The first kappa shape index (κ1) is 21.6. The third-order valence-corrected chi connectivity index (χ3v) is 5.74. The zero-order valence-electron chi connectivity index (χ0n) is 16.1. The van der Waals surface area contributed by atoms with Crippen molar-refractivity contribution in [3.05, 3.63) is 47.5 Å². The fraction of sp³-hybridized carbons (Fsp3) is 0.278. The van der Waals surface area contributed by atoms with Gasteiger partial charge in [0.05, 0.1) is 7.11 Å². The van der Waals surface area contributed by atoms with Crippen molar-refractivity contribution in [1.82, 2.24) is 4.31 Å². The van der Waals surface area contributed by atoms with Crippen molar-refractivity contribution in [2.75, 3.05) is 45.5 Å². The van der Waals surface area contributed by atoms with Crippen LogP contribution in [0, 0.1) is 11.6 Å². The molecule has 0 fully saturated rings. The van der Waals surface area contributed by atoms with Crippen LogP contribution in [-0.2, 0) is 10.0 Å². The topological polar surface area (TPSA) is 79.0 Å². The van der Waals surface area contributed by atoms with E-state index in [1.807, 2.05) is 0 Å². The van der Waals surface area contributed by atoms with Crippen LogP contribution in [0.5, 0.6) is 5.75 Å². The Kier molecular flexibility index (Phi) is 6.25. The molecule has 1 N–H and O–H groups in total. The summed E-state index contributed by atoms with van der Waals surface area (Å²) >= 11 is 0. The zero-order chi connectivity index (χ0) is 21.2. The molecule has 0 aromatic heterocycles. The van der Waals surface area contributed by atoms with Gasteiger partial charge in [0, 0.05) is 39.4 Å². The highest BCUT2D eigenvalue weighted by atomic mass is 32.2. The molecule has 0 atom stereocenters. The summed E-state index contributed by atoms with van der Waals surface area (Å²) in [7, 11) is 3.11. The maximum atomic E-state index is 14.1. The van der Waals surface area contributed by atoms with Crippen LogP contribution in [-0.4, -0.2) is 53.9 Å². The Labute approximate surface area is 162 Å². The molecule has 0 aliphatic carbocycles. The highest BCUT2D eigenvalue weighted by Gasteiger charge is 2.24. The molecule has 0 saturated heterocycles. The molecule has 0 heterocycles. The average Bonchev–Trinajstić information content (AvgIpc) is 2.59. The average molecular weight is 413 g/mol. The molecular formula is C18H21F2N3O4S. The number of carbonyl (C=O) groups is 1. The van der Waals surface area contributed by atoms with Crippen LogP contribution in [0.1, 0.15) is 10.4 Å². The molecule has 0 spiro atoms. The number of ether oxygens (including phenoxy) is 1. The number of hydrogen-bond acceptors (Lipinski definition) is 5. The van der Waals surface area contributed by atoms with E-state index in [-0.39, 0.29) is 27.6 Å². The van der Waals surface area contributed by atoms with Crippen molar-refractivity contribution in [2.24, 2.45) is 0 Å². The number of halogens is 2. The molecule has 28 heavy (non-hydrogen) atoms. The SMILES string of the molecule is COc1ccc(C(=O)Nc2cc(F)c(N(C)C)c(F)c2)cc1S(=O)(=O)N(C)C. The van der Waals surface area contributed by atoms with Gasteiger partial charge in [-0.2, -0.15) is 0 Å². The van der Waals surface area contributed by atoms with E-state index in [4.69, 9.17) is 4.74 Å². The van der Waals surface area contributed by atoms with Crippen molar-refractivity contribution in [3.8, 4) is 5.75 Å². The minimum atomic E-state index is -3.87. The van der Waals surface area contributed by atoms with E-state index in [9.17, 15) is 22.0 Å². The van der Waals surface area contributed by atoms with Gasteiger partial charge in [-0.1, -0.05) is 0 Å². The molecule has 0 aliphatic rings. The van der Waals surface area contributed by atoms with Gasteiger partial charge in [-0.15, -0.1) is 0 Å². The van der Waals surface area contributed by atoms with Crippen molar-refractivity contribution in [3.63, 3.8) is 0 Å². The van der Waals surface area contributed by atoms with Crippen LogP contribution in [0.15, 0.2) is 35.2 Å². The summed E-state index contributed by atoms with van der Waals surface area (Å²) in [6.45, 7) is 0. The van der Waals surface area contributed by atoms with Crippen LogP contribution >= 0.6 is 0 Å². The number of benzene rings is 2. The lowest BCUT2D eigenvalue weighted by Crippen LogP contribution is -2.23. The van der Waals surface area contributed by atoms with Crippen molar-refractivity contribution < 1.29 is 26.7 Å². The van der Waals surface area contributed by atoms with Crippen LogP contribution in [0.4, 0.5) is 20.2 Å². The Balaban J connectivity index is 2.41. The Morgan fingerprint density at radius 3 is 2.07 bits per heavy atom. The highest BCUT2D eigenvalue weighted by Crippen LogP contribution is 2.28. The van der Waals surface area contributed by atoms with Crippen LogP contribution in [0.2, 0.25) is 0 Å². The quantitative estimate of drug-likeness (QED) is 0.788. The van der Waals surface area contributed by atoms with E-state index in [0.29, 0.717) is 0 Å². The second-order valence-electron chi connectivity index (χ2n) is 6.29. The standard InChI is InChI=1S/C18H21F2N3O4S/c1-22(2)17-13(19)9-12(10-14(17)20)21-18(24)11-6-7-15(27-5)16(8-11)28(25,26)23(3)4/h6-10H,1-5H3,(H,21,24). The van der Waals surface area contributed by atoms with E-state index >= 15 is 0 Å². The van der Waals surface area contributed by atoms with Gasteiger partial charge < -0.3 is 15.0 Å². The third-order valence-electron chi connectivity index (χ3n) is 3.91. The summed E-state index contributed by atoms with van der Waals surface area (Å²) in [5, 5.41) is 2.36. The number of nitrogens with one attached hydrogen (secondary N) is 1. The number of rotatable bonds is 6. The van der Waals surface area contributed by atoms with Gasteiger partial charge in [0.2, 0.25) is 10.0 Å². The van der Waals surface area contributed by atoms with Gasteiger partial charge in [0.1, 0.15) is 16.3 Å². The van der Waals surface area contributed by atoms with Crippen molar-refractivity contribution in [1.29, 1.82) is 0 Å². The summed E-state index contributed by atoms with van der Waals surface area (Å²) < 4.78 is 59.1. The smallest absolute Gasteiger partial charge is 0.255 e. The Morgan fingerprint density at radius 1 is 1.04 bits per heavy atom. The first-order chi connectivity index (χ1) is 13.0. The monoisotopic (exact) mass is 413 g/mol. The predicted molar refractivity (Wildman–Crippen MR) is 103 cm³/mol. The molecule has 152 valence electrons. The van der Waals surface area contributed by atoms with Crippen LogP contribution in [0.25, 0.3) is 0 Å². The molecule has 2 aromatic carbocycles. The summed E-state index contributed by atoms with van der Waals surface area (Å²) in [5.41, 5.74) is -0.348. The molecule has 2 aromatic rings. The third kappa shape index (κ3) is 4.23. The molecule has 2 rings (SSSR count). The number of sulfonamides is 1. The van der Waals surface area contributed by atoms with Crippen molar-refractivity contribution in [2.45, 2.75) is 4.90 Å². The molecule has 0 radical (unpaired) electrons. The predicted octanol–water partition coefficient (Wildman–Crippen LogP) is 2.54. The largest absolute Gasteiger partial charge is 0.495 e. The van der Waals surface area contributed by atoms with Crippen LogP contribution in [0.3, 0.4) is 0 Å². The van der Waals surface area contributed by atoms with Gasteiger partial charge in [0.25, 0.3) is 5.91 Å². The maximum Gasteiger partial charge on any atom is 0.255 e. The lowest BCUT2D eigenvalue weighted by atomic mass is 10.2. The molecule has 7 nitrogen and oxygen atoms in total. The zero-order valence-corrected chi connectivity index (χ0v) is 16.9. The van der Waals surface area contributed by atoms with Gasteiger partial charge in [0.15, 0.2) is 11.6 Å².